The number of carbonyl (C=O) groups is 1. The monoisotopic (exact) mass is 389 g/mol. The van der Waals surface area contributed by atoms with Gasteiger partial charge in [0.1, 0.15) is 11.6 Å². The van der Waals surface area contributed by atoms with Crippen molar-refractivity contribution in [2.45, 2.75) is 18.9 Å². The van der Waals surface area contributed by atoms with Crippen molar-refractivity contribution in [3.05, 3.63) is 52.6 Å². The van der Waals surface area contributed by atoms with Crippen molar-refractivity contribution in [1.82, 2.24) is 9.88 Å². The van der Waals surface area contributed by atoms with Gasteiger partial charge in [-0.25, -0.2) is 4.98 Å². The average molecular weight is 390 g/mol. The fraction of sp³-hybridized carbons (Fsp3) is 0.333. The van der Waals surface area contributed by atoms with Gasteiger partial charge in [-0.2, -0.15) is 0 Å². The molecule has 2 aromatic rings. The third-order valence-electron chi connectivity index (χ3n) is 4.21. The van der Waals surface area contributed by atoms with E-state index in [1.165, 1.54) is 5.56 Å². The summed E-state index contributed by atoms with van der Waals surface area (Å²) in [6.07, 6.45) is 3.84. The SMILES string of the molecule is COc1ccc([C@@H]2CCCN2CC(=O)Nc2ccc(Br)cn2)cc1. The number of amides is 1. The Morgan fingerprint density at radius 3 is 2.79 bits per heavy atom. The van der Waals surface area contributed by atoms with E-state index in [0.29, 0.717) is 12.4 Å². The number of anilines is 1. The second-order valence-electron chi connectivity index (χ2n) is 5.81. The Kier molecular flexibility index (Phi) is 5.48. The quantitative estimate of drug-likeness (QED) is 0.847. The number of rotatable bonds is 5. The lowest BCUT2D eigenvalue weighted by Crippen LogP contribution is -2.33. The number of nitrogens with one attached hydrogen (secondary N) is 1. The van der Waals surface area contributed by atoms with Gasteiger partial charge in [-0.05, 0) is 65.1 Å². The number of methoxy groups -OCH3 is 1. The third-order valence-corrected chi connectivity index (χ3v) is 4.67. The van der Waals surface area contributed by atoms with E-state index < -0.39 is 0 Å². The van der Waals surface area contributed by atoms with Crippen molar-refractivity contribution in [3.63, 3.8) is 0 Å². The molecule has 126 valence electrons. The van der Waals surface area contributed by atoms with Gasteiger partial charge in [-0.1, -0.05) is 12.1 Å². The first-order valence-corrected chi connectivity index (χ1v) is 8.74. The van der Waals surface area contributed by atoms with Gasteiger partial charge in [0.15, 0.2) is 0 Å². The number of carbonyl (C=O) groups excluding carboxylic acids is 1. The molecule has 0 spiro atoms. The Bertz CT molecular complexity index is 688. The number of aromatic nitrogens is 1. The van der Waals surface area contributed by atoms with Crippen LogP contribution in [0.4, 0.5) is 5.82 Å². The maximum absolute atomic E-state index is 12.3. The van der Waals surface area contributed by atoms with Crippen molar-refractivity contribution < 1.29 is 9.53 Å². The van der Waals surface area contributed by atoms with Crippen LogP contribution in [0.15, 0.2) is 47.1 Å². The molecule has 6 heteroatoms. The molecule has 1 atom stereocenters. The summed E-state index contributed by atoms with van der Waals surface area (Å²) in [7, 11) is 1.66. The summed E-state index contributed by atoms with van der Waals surface area (Å²) in [5.41, 5.74) is 1.22. The van der Waals surface area contributed by atoms with Crippen LogP contribution in [0.1, 0.15) is 24.4 Å². The largest absolute Gasteiger partial charge is 0.497 e. The molecular weight excluding hydrogens is 370 g/mol. The predicted molar refractivity (Wildman–Crippen MR) is 97.1 cm³/mol. The van der Waals surface area contributed by atoms with Gasteiger partial charge in [0.25, 0.3) is 0 Å². The summed E-state index contributed by atoms with van der Waals surface area (Å²) in [5.74, 6) is 1.39. The fourth-order valence-electron chi connectivity index (χ4n) is 3.04. The molecule has 2 heterocycles. The van der Waals surface area contributed by atoms with Crippen molar-refractivity contribution >= 4 is 27.7 Å². The van der Waals surface area contributed by atoms with Gasteiger partial charge in [-0.3, -0.25) is 9.69 Å². The van der Waals surface area contributed by atoms with Crippen LogP contribution in [0.5, 0.6) is 5.75 Å². The summed E-state index contributed by atoms with van der Waals surface area (Å²) in [4.78, 5) is 18.7. The number of ether oxygens (including phenoxy) is 1. The lowest BCUT2D eigenvalue weighted by Gasteiger charge is -2.24. The highest BCUT2D eigenvalue weighted by Gasteiger charge is 2.27. The lowest BCUT2D eigenvalue weighted by molar-refractivity contribution is -0.117. The molecule has 5 nitrogen and oxygen atoms in total. The first-order valence-electron chi connectivity index (χ1n) is 7.95. The molecule has 0 bridgehead atoms. The molecule has 1 amide bonds. The van der Waals surface area contributed by atoms with E-state index in [-0.39, 0.29) is 11.9 Å². The van der Waals surface area contributed by atoms with Crippen molar-refractivity contribution in [1.29, 1.82) is 0 Å². The summed E-state index contributed by atoms with van der Waals surface area (Å²) >= 11 is 3.33. The minimum Gasteiger partial charge on any atom is -0.497 e. The van der Waals surface area contributed by atoms with Gasteiger partial charge < -0.3 is 10.1 Å². The zero-order valence-corrected chi connectivity index (χ0v) is 15.1. The van der Waals surface area contributed by atoms with Gasteiger partial charge in [0.05, 0.1) is 13.7 Å². The van der Waals surface area contributed by atoms with Crippen LogP contribution < -0.4 is 10.1 Å². The van der Waals surface area contributed by atoms with E-state index >= 15 is 0 Å². The van der Waals surface area contributed by atoms with Crippen molar-refractivity contribution in [2.24, 2.45) is 0 Å². The maximum Gasteiger partial charge on any atom is 0.239 e. The molecule has 1 aromatic heterocycles. The van der Waals surface area contributed by atoms with Crippen LogP contribution in [0, 0.1) is 0 Å². The minimum absolute atomic E-state index is 0.0368. The molecule has 0 unspecified atom stereocenters. The normalized spacial score (nSPS) is 17.7. The molecule has 1 aliphatic heterocycles. The number of pyridine rings is 1. The van der Waals surface area contributed by atoms with Crippen LogP contribution >= 0.6 is 15.9 Å². The van der Waals surface area contributed by atoms with Crippen LogP contribution in [0.3, 0.4) is 0 Å². The highest BCUT2D eigenvalue weighted by Crippen LogP contribution is 2.32. The molecule has 1 N–H and O–H groups in total. The summed E-state index contributed by atoms with van der Waals surface area (Å²) < 4.78 is 6.10. The molecule has 24 heavy (non-hydrogen) atoms. The Labute approximate surface area is 150 Å². The molecule has 3 rings (SSSR count). The standard InChI is InChI=1S/C18H20BrN3O2/c1-24-15-7-4-13(5-8-15)16-3-2-10-22(16)12-18(23)21-17-9-6-14(19)11-20-17/h4-9,11,16H,2-3,10,12H2,1H3,(H,20,21,23)/t16-/m0/s1. The Balaban J connectivity index is 1.62. The zero-order valence-electron chi connectivity index (χ0n) is 13.5. The summed E-state index contributed by atoms with van der Waals surface area (Å²) in [5, 5.41) is 2.85. The molecule has 1 fully saturated rings. The van der Waals surface area contributed by atoms with Gasteiger partial charge in [0.2, 0.25) is 5.91 Å². The zero-order chi connectivity index (χ0) is 16.9. The molecule has 1 saturated heterocycles. The lowest BCUT2D eigenvalue weighted by atomic mass is 10.0. The van der Waals surface area contributed by atoms with Crippen molar-refractivity contribution in [2.75, 3.05) is 25.5 Å². The second kappa shape index (κ2) is 7.77. The Morgan fingerprint density at radius 2 is 2.12 bits per heavy atom. The topological polar surface area (TPSA) is 54.5 Å². The first kappa shape index (κ1) is 16.9. The van der Waals surface area contributed by atoms with Gasteiger partial charge in [0, 0.05) is 16.7 Å². The van der Waals surface area contributed by atoms with E-state index in [0.717, 1.165) is 29.6 Å². The number of hydrogen-bond donors (Lipinski definition) is 1. The molecule has 0 radical (unpaired) electrons. The first-order chi connectivity index (χ1) is 11.7. The van der Waals surface area contributed by atoms with Crippen LogP contribution in [0.25, 0.3) is 0 Å². The van der Waals surface area contributed by atoms with E-state index in [4.69, 9.17) is 4.74 Å². The number of halogens is 1. The van der Waals surface area contributed by atoms with Crippen molar-refractivity contribution in [3.8, 4) is 5.75 Å². The smallest absolute Gasteiger partial charge is 0.239 e. The number of hydrogen-bond acceptors (Lipinski definition) is 4. The Hall–Kier alpha value is -1.92. The molecule has 0 saturated carbocycles. The summed E-state index contributed by atoms with van der Waals surface area (Å²) in [6.45, 7) is 1.30. The fourth-order valence-corrected chi connectivity index (χ4v) is 3.27. The molecule has 1 aromatic carbocycles. The Morgan fingerprint density at radius 1 is 1.33 bits per heavy atom. The summed E-state index contributed by atoms with van der Waals surface area (Å²) in [6, 6.07) is 12.0. The second-order valence-corrected chi connectivity index (χ2v) is 6.73. The predicted octanol–water partition coefficient (Wildman–Crippen LogP) is 3.63. The van der Waals surface area contributed by atoms with E-state index in [2.05, 4.69) is 43.3 Å². The van der Waals surface area contributed by atoms with Gasteiger partial charge in [-0.15, -0.1) is 0 Å². The van der Waals surface area contributed by atoms with Gasteiger partial charge >= 0.3 is 0 Å². The van der Waals surface area contributed by atoms with E-state index in [9.17, 15) is 4.79 Å². The molecule has 1 aliphatic rings. The van der Waals surface area contributed by atoms with E-state index in [1.807, 2.05) is 18.2 Å². The average Bonchev–Trinajstić information content (AvgIpc) is 3.05. The minimum atomic E-state index is -0.0368. The molecular formula is C18H20BrN3O2. The number of likely N-dealkylation sites (tertiary alicyclic amines) is 1. The number of nitrogens with zero attached hydrogens (tertiary/aromatic N) is 2. The van der Waals surface area contributed by atoms with Crippen LogP contribution in [-0.4, -0.2) is 36.0 Å². The highest BCUT2D eigenvalue weighted by atomic mass is 79.9. The highest BCUT2D eigenvalue weighted by molar-refractivity contribution is 9.10. The maximum atomic E-state index is 12.3. The van der Waals surface area contributed by atoms with Crippen LogP contribution in [-0.2, 0) is 4.79 Å². The van der Waals surface area contributed by atoms with E-state index in [1.54, 1.807) is 19.4 Å². The van der Waals surface area contributed by atoms with Crippen LogP contribution in [0.2, 0.25) is 0 Å². The third kappa shape index (κ3) is 4.13. The molecule has 0 aliphatic carbocycles. The number of benzene rings is 1.